The number of hydrogen-bond donors (Lipinski definition) is 1. The zero-order valence-electron chi connectivity index (χ0n) is 12.2. The third-order valence-corrected chi connectivity index (χ3v) is 4.51. The molecule has 2 aliphatic rings. The highest BCUT2D eigenvalue weighted by molar-refractivity contribution is 5.49. The molecule has 20 heavy (non-hydrogen) atoms. The minimum absolute atomic E-state index is 0.549. The highest BCUT2D eigenvalue weighted by Crippen LogP contribution is 2.45. The SMILES string of the molecule is COc1cccc2c1[C@@H]1CN(CCCCN)C[C@@H]1CO2. The predicted octanol–water partition coefficient (Wildman–Crippen LogP) is 1.84. The molecule has 1 aromatic rings. The second-order valence-corrected chi connectivity index (χ2v) is 5.81. The maximum Gasteiger partial charge on any atom is 0.126 e. The topological polar surface area (TPSA) is 47.7 Å². The minimum Gasteiger partial charge on any atom is -0.496 e. The van der Waals surface area contributed by atoms with Gasteiger partial charge >= 0.3 is 0 Å². The first kappa shape index (κ1) is 13.7. The first-order valence-corrected chi connectivity index (χ1v) is 7.55. The molecule has 1 saturated heterocycles. The Bertz CT molecular complexity index is 450. The number of benzene rings is 1. The Kier molecular flexibility index (Phi) is 4.13. The van der Waals surface area contributed by atoms with Crippen LogP contribution in [0.15, 0.2) is 18.2 Å². The molecule has 2 aliphatic heterocycles. The van der Waals surface area contributed by atoms with Crippen molar-refractivity contribution in [3.8, 4) is 11.5 Å². The summed E-state index contributed by atoms with van der Waals surface area (Å²) in [7, 11) is 1.74. The molecule has 0 radical (unpaired) electrons. The van der Waals surface area contributed by atoms with Crippen molar-refractivity contribution in [2.75, 3.05) is 39.9 Å². The molecule has 0 unspecified atom stereocenters. The number of nitrogens with two attached hydrogens (primary N) is 1. The summed E-state index contributed by atoms with van der Waals surface area (Å²) in [5.74, 6) is 3.12. The Labute approximate surface area is 120 Å². The monoisotopic (exact) mass is 276 g/mol. The van der Waals surface area contributed by atoms with Crippen LogP contribution in [-0.4, -0.2) is 44.8 Å². The van der Waals surface area contributed by atoms with E-state index >= 15 is 0 Å². The van der Waals surface area contributed by atoms with Gasteiger partial charge in [-0.1, -0.05) is 6.07 Å². The van der Waals surface area contributed by atoms with E-state index in [9.17, 15) is 0 Å². The van der Waals surface area contributed by atoms with Crippen LogP contribution in [0.2, 0.25) is 0 Å². The van der Waals surface area contributed by atoms with Gasteiger partial charge in [-0.2, -0.15) is 0 Å². The van der Waals surface area contributed by atoms with Gasteiger partial charge in [0.05, 0.1) is 13.7 Å². The Morgan fingerprint density at radius 2 is 2.25 bits per heavy atom. The molecule has 2 atom stereocenters. The molecule has 1 aromatic carbocycles. The van der Waals surface area contributed by atoms with E-state index in [1.807, 2.05) is 12.1 Å². The molecule has 4 heteroatoms. The minimum atomic E-state index is 0.549. The first-order valence-electron chi connectivity index (χ1n) is 7.55. The molecular formula is C16H24N2O2. The van der Waals surface area contributed by atoms with E-state index in [-0.39, 0.29) is 0 Å². The first-order chi connectivity index (χ1) is 9.83. The third kappa shape index (κ3) is 2.50. The van der Waals surface area contributed by atoms with Crippen molar-refractivity contribution >= 4 is 0 Å². The number of fused-ring (bicyclic) bond motifs is 3. The van der Waals surface area contributed by atoms with Crippen LogP contribution in [0.5, 0.6) is 11.5 Å². The molecule has 0 aliphatic carbocycles. The summed E-state index contributed by atoms with van der Waals surface area (Å²) < 4.78 is 11.5. The zero-order chi connectivity index (χ0) is 13.9. The van der Waals surface area contributed by atoms with Crippen LogP contribution in [0.25, 0.3) is 0 Å². The molecule has 110 valence electrons. The van der Waals surface area contributed by atoms with Crippen molar-refractivity contribution in [2.45, 2.75) is 18.8 Å². The number of hydrogen-bond acceptors (Lipinski definition) is 4. The Morgan fingerprint density at radius 3 is 3.05 bits per heavy atom. The van der Waals surface area contributed by atoms with Crippen molar-refractivity contribution in [2.24, 2.45) is 11.7 Å². The molecule has 0 bridgehead atoms. The lowest BCUT2D eigenvalue weighted by Gasteiger charge is -2.29. The largest absolute Gasteiger partial charge is 0.496 e. The maximum atomic E-state index is 5.93. The Hall–Kier alpha value is -1.26. The van der Waals surface area contributed by atoms with Crippen molar-refractivity contribution < 1.29 is 9.47 Å². The van der Waals surface area contributed by atoms with Crippen molar-refractivity contribution in [1.82, 2.24) is 4.90 Å². The summed E-state index contributed by atoms with van der Waals surface area (Å²) in [5.41, 5.74) is 6.85. The molecule has 0 amide bonds. The van der Waals surface area contributed by atoms with Gasteiger partial charge in [0.15, 0.2) is 0 Å². The lowest BCUT2D eigenvalue weighted by molar-refractivity contribution is 0.209. The zero-order valence-corrected chi connectivity index (χ0v) is 12.2. The lowest BCUT2D eigenvalue weighted by atomic mass is 9.86. The second kappa shape index (κ2) is 6.02. The van der Waals surface area contributed by atoms with Gasteiger partial charge < -0.3 is 20.1 Å². The number of methoxy groups -OCH3 is 1. The van der Waals surface area contributed by atoms with E-state index in [2.05, 4.69) is 11.0 Å². The molecule has 0 aromatic heterocycles. The van der Waals surface area contributed by atoms with Gasteiger partial charge in [0.2, 0.25) is 0 Å². The summed E-state index contributed by atoms with van der Waals surface area (Å²) in [6.45, 7) is 5.02. The summed E-state index contributed by atoms with van der Waals surface area (Å²) in [5, 5.41) is 0. The number of rotatable bonds is 5. The van der Waals surface area contributed by atoms with Gasteiger partial charge in [0.25, 0.3) is 0 Å². The Morgan fingerprint density at radius 1 is 1.35 bits per heavy atom. The van der Waals surface area contributed by atoms with Gasteiger partial charge in [0, 0.05) is 30.5 Å². The van der Waals surface area contributed by atoms with E-state index in [1.165, 1.54) is 12.0 Å². The van der Waals surface area contributed by atoms with Crippen LogP contribution in [-0.2, 0) is 0 Å². The molecular weight excluding hydrogens is 252 g/mol. The van der Waals surface area contributed by atoms with E-state index in [4.69, 9.17) is 15.2 Å². The average Bonchev–Trinajstić information content (AvgIpc) is 2.89. The second-order valence-electron chi connectivity index (χ2n) is 5.81. The molecule has 0 saturated carbocycles. The maximum absolute atomic E-state index is 5.93. The van der Waals surface area contributed by atoms with E-state index in [0.29, 0.717) is 11.8 Å². The molecule has 2 N–H and O–H groups in total. The fraction of sp³-hybridized carbons (Fsp3) is 0.625. The lowest BCUT2D eigenvalue weighted by Crippen LogP contribution is -2.25. The summed E-state index contributed by atoms with van der Waals surface area (Å²) in [6, 6.07) is 6.11. The van der Waals surface area contributed by atoms with Gasteiger partial charge in [-0.05, 0) is 38.1 Å². The van der Waals surface area contributed by atoms with Gasteiger partial charge in [-0.3, -0.25) is 0 Å². The molecule has 0 spiro atoms. The molecule has 3 rings (SSSR count). The van der Waals surface area contributed by atoms with Crippen LogP contribution in [0.3, 0.4) is 0 Å². The van der Waals surface area contributed by atoms with Crippen molar-refractivity contribution in [3.63, 3.8) is 0 Å². The van der Waals surface area contributed by atoms with Crippen molar-refractivity contribution in [1.29, 1.82) is 0 Å². The third-order valence-electron chi connectivity index (χ3n) is 4.51. The van der Waals surface area contributed by atoms with Crippen LogP contribution >= 0.6 is 0 Å². The predicted molar refractivity (Wildman–Crippen MR) is 79.4 cm³/mol. The fourth-order valence-electron chi connectivity index (χ4n) is 3.51. The normalized spacial score (nSPS) is 24.9. The summed E-state index contributed by atoms with van der Waals surface area (Å²) >= 11 is 0. The van der Waals surface area contributed by atoms with E-state index < -0.39 is 0 Å². The van der Waals surface area contributed by atoms with Crippen LogP contribution in [0, 0.1) is 5.92 Å². The van der Waals surface area contributed by atoms with E-state index in [0.717, 1.165) is 50.7 Å². The van der Waals surface area contributed by atoms with E-state index in [1.54, 1.807) is 7.11 Å². The van der Waals surface area contributed by atoms with Crippen LogP contribution in [0.1, 0.15) is 24.3 Å². The standard InChI is InChI=1S/C16H24N2O2/c1-19-14-5-4-6-15-16(14)13-10-18(8-3-2-7-17)9-12(13)11-20-15/h4-6,12-13H,2-3,7-11,17H2,1H3/t12-,13-/m1/s1. The highest BCUT2D eigenvalue weighted by atomic mass is 16.5. The Balaban J connectivity index is 1.75. The molecule has 4 nitrogen and oxygen atoms in total. The van der Waals surface area contributed by atoms with Crippen LogP contribution in [0.4, 0.5) is 0 Å². The molecule has 1 fully saturated rings. The summed E-state index contributed by atoms with van der Waals surface area (Å²) in [6.07, 6.45) is 2.30. The summed E-state index contributed by atoms with van der Waals surface area (Å²) in [4.78, 5) is 2.55. The number of likely N-dealkylation sites (tertiary alicyclic amines) is 1. The fourth-order valence-corrected chi connectivity index (χ4v) is 3.51. The highest BCUT2D eigenvalue weighted by Gasteiger charge is 2.40. The number of unbranched alkanes of at least 4 members (excludes halogenated alkanes) is 1. The number of nitrogens with zero attached hydrogens (tertiary/aromatic N) is 1. The van der Waals surface area contributed by atoms with Gasteiger partial charge in [0.1, 0.15) is 11.5 Å². The quantitative estimate of drug-likeness (QED) is 0.834. The smallest absolute Gasteiger partial charge is 0.126 e. The number of ether oxygens (including phenoxy) is 2. The van der Waals surface area contributed by atoms with Gasteiger partial charge in [-0.25, -0.2) is 0 Å². The molecule has 2 heterocycles. The van der Waals surface area contributed by atoms with Gasteiger partial charge in [-0.15, -0.1) is 0 Å². The van der Waals surface area contributed by atoms with Crippen molar-refractivity contribution in [3.05, 3.63) is 23.8 Å². The average molecular weight is 276 g/mol. The van der Waals surface area contributed by atoms with Crippen LogP contribution < -0.4 is 15.2 Å².